The van der Waals surface area contributed by atoms with Crippen molar-refractivity contribution in [3.8, 4) is 11.5 Å². The number of amides is 2. The second-order valence-electron chi connectivity index (χ2n) is 7.39. The predicted molar refractivity (Wildman–Crippen MR) is 111 cm³/mol. The maximum Gasteiger partial charge on any atom is 0.225 e. The van der Waals surface area contributed by atoms with Gasteiger partial charge in [0.2, 0.25) is 11.8 Å². The predicted octanol–water partition coefficient (Wildman–Crippen LogP) is 2.72. The molecule has 0 aromatic heterocycles. The fourth-order valence-electron chi connectivity index (χ4n) is 3.62. The molecule has 3 rings (SSSR count). The van der Waals surface area contributed by atoms with Crippen LogP contribution in [0.3, 0.4) is 0 Å². The molecule has 154 valence electrons. The first kappa shape index (κ1) is 20.7. The molecule has 1 atom stereocenters. The number of aryl methyl sites for hydroxylation is 1. The number of benzene rings is 2. The van der Waals surface area contributed by atoms with Crippen molar-refractivity contribution < 1.29 is 19.1 Å². The van der Waals surface area contributed by atoms with E-state index in [0.29, 0.717) is 37.6 Å². The van der Waals surface area contributed by atoms with Crippen LogP contribution in [0, 0.1) is 12.8 Å². The van der Waals surface area contributed by atoms with Crippen molar-refractivity contribution in [1.82, 2.24) is 10.2 Å². The third kappa shape index (κ3) is 5.28. The standard InChI is InChI=1S/C23H28N2O4/c1-16-5-4-6-18(11-16)14-24-23(27)19-13-22(26)25(15-19)10-9-17-7-8-20(28-2)21(12-17)29-3/h4-8,11-12,19H,9-10,13-15H2,1-3H3,(H,24,27). The van der Waals surface area contributed by atoms with Gasteiger partial charge in [0.25, 0.3) is 0 Å². The molecule has 1 saturated heterocycles. The zero-order valence-electron chi connectivity index (χ0n) is 17.2. The van der Waals surface area contributed by atoms with Gasteiger partial charge in [0.15, 0.2) is 11.5 Å². The quantitative estimate of drug-likeness (QED) is 0.745. The molecule has 1 aliphatic heterocycles. The molecule has 1 N–H and O–H groups in total. The van der Waals surface area contributed by atoms with Gasteiger partial charge in [0, 0.05) is 26.1 Å². The number of methoxy groups -OCH3 is 2. The Balaban J connectivity index is 1.51. The molecule has 1 aliphatic rings. The highest BCUT2D eigenvalue weighted by atomic mass is 16.5. The van der Waals surface area contributed by atoms with E-state index < -0.39 is 0 Å². The van der Waals surface area contributed by atoms with Crippen LogP contribution in [0.25, 0.3) is 0 Å². The summed E-state index contributed by atoms with van der Waals surface area (Å²) < 4.78 is 10.6. The highest BCUT2D eigenvalue weighted by Crippen LogP contribution is 2.28. The van der Waals surface area contributed by atoms with Crippen LogP contribution in [0.2, 0.25) is 0 Å². The van der Waals surface area contributed by atoms with Crippen molar-refractivity contribution in [1.29, 1.82) is 0 Å². The Labute approximate surface area is 171 Å². The Morgan fingerprint density at radius 2 is 1.90 bits per heavy atom. The van der Waals surface area contributed by atoms with Crippen LogP contribution < -0.4 is 14.8 Å². The van der Waals surface area contributed by atoms with Crippen molar-refractivity contribution in [2.45, 2.75) is 26.3 Å². The van der Waals surface area contributed by atoms with E-state index in [1.165, 1.54) is 0 Å². The fourth-order valence-corrected chi connectivity index (χ4v) is 3.62. The zero-order valence-corrected chi connectivity index (χ0v) is 17.2. The molecule has 0 spiro atoms. The van der Waals surface area contributed by atoms with Crippen LogP contribution in [0.5, 0.6) is 11.5 Å². The second-order valence-corrected chi connectivity index (χ2v) is 7.39. The summed E-state index contributed by atoms with van der Waals surface area (Å²) in [4.78, 5) is 26.6. The first-order valence-electron chi connectivity index (χ1n) is 9.82. The van der Waals surface area contributed by atoms with Gasteiger partial charge < -0.3 is 19.7 Å². The molecule has 1 heterocycles. The third-order valence-corrected chi connectivity index (χ3v) is 5.25. The van der Waals surface area contributed by atoms with Crippen LogP contribution in [0.4, 0.5) is 0 Å². The average Bonchev–Trinajstić information content (AvgIpc) is 3.11. The molecule has 2 amide bonds. The van der Waals surface area contributed by atoms with E-state index in [0.717, 1.165) is 16.7 Å². The lowest BCUT2D eigenvalue weighted by molar-refractivity contribution is -0.129. The highest BCUT2D eigenvalue weighted by Gasteiger charge is 2.33. The van der Waals surface area contributed by atoms with Gasteiger partial charge >= 0.3 is 0 Å². The molecule has 0 bridgehead atoms. The number of nitrogens with zero attached hydrogens (tertiary/aromatic N) is 1. The average molecular weight is 396 g/mol. The largest absolute Gasteiger partial charge is 0.493 e. The Morgan fingerprint density at radius 3 is 2.62 bits per heavy atom. The smallest absolute Gasteiger partial charge is 0.225 e. The summed E-state index contributed by atoms with van der Waals surface area (Å²) in [5, 5.41) is 2.96. The summed E-state index contributed by atoms with van der Waals surface area (Å²) in [5.41, 5.74) is 3.28. The van der Waals surface area contributed by atoms with Crippen LogP contribution in [0.1, 0.15) is 23.1 Å². The van der Waals surface area contributed by atoms with Crippen LogP contribution in [-0.2, 0) is 22.6 Å². The molecule has 6 heteroatoms. The lowest BCUT2D eigenvalue weighted by atomic mass is 10.1. The summed E-state index contributed by atoms with van der Waals surface area (Å²) >= 11 is 0. The Bertz CT molecular complexity index is 881. The molecule has 0 saturated carbocycles. The summed E-state index contributed by atoms with van der Waals surface area (Å²) in [6.07, 6.45) is 0.968. The van der Waals surface area contributed by atoms with Crippen LogP contribution >= 0.6 is 0 Å². The monoisotopic (exact) mass is 396 g/mol. The maximum absolute atomic E-state index is 12.5. The highest BCUT2D eigenvalue weighted by molar-refractivity contribution is 5.89. The molecule has 29 heavy (non-hydrogen) atoms. The topological polar surface area (TPSA) is 67.9 Å². The van der Waals surface area contributed by atoms with Gasteiger partial charge in [-0.15, -0.1) is 0 Å². The van der Waals surface area contributed by atoms with E-state index in [-0.39, 0.29) is 24.2 Å². The molecular formula is C23H28N2O4. The second kappa shape index (κ2) is 9.45. The number of nitrogens with one attached hydrogen (secondary N) is 1. The summed E-state index contributed by atoms with van der Waals surface area (Å²) in [6.45, 7) is 3.55. The van der Waals surface area contributed by atoms with E-state index in [1.54, 1.807) is 19.1 Å². The van der Waals surface area contributed by atoms with Crippen molar-refractivity contribution in [2.24, 2.45) is 5.92 Å². The third-order valence-electron chi connectivity index (χ3n) is 5.25. The van der Waals surface area contributed by atoms with Gasteiger partial charge in [0.1, 0.15) is 0 Å². The van der Waals surface area contributed by atoms with E-state index in [2.05, 4.69) is 11.4 Å². The van der Waals surface area contributed by atoms with Gasteiger partial charge in [0.05, 0.1) is 20.1 Å². The van der Waals surface area contributed by atoms with Crippen molar-refractivity contribution in [3.05, 3.63) is 59.2 Å². The number of carbonyl (C=O) groups excluding carboxylic acids is 2. The van der Waals surface area contributed by atoms with E-state index in [9.17, 15) is 9.59 Å². The molecule has 0 aliphatic carbocycles. The number of carbonyl (C=O) groups is 2. The molecule has 1 unspecified atom stereocenters. The molecule has 0 radical (unpaired) electrons. The Kier molecular flexibility index (Phi) is 6.75. The molecule has 2 aromatic rings. The minimum atomic E-state index is -0.294. The van der Waals surface area contributed by atoms with Gasteiger partial charge in [-0.2, -0.15) is 0 Å². The lowest BCUT2D eigenvalue weighted by Crippen LogP contribution is -2.33. The van der Waals surface area contributed by atoms with Gasteiger partial charge in [-0.3, -0.25) is 9.59 Å². The fraction of sp³-hybridized carbons (Fsp3) is 0.391. The molecule has 6 nitrogen and oxygen atoms in total. The molecule has 1 fully saturated rings. The number of hydrogen-bond donors (Lipinski definition) is 1. The minimum absolute atomic E-state index is 0.0289. The SMILES string of the molecule is COc1ccc(CCN2CC(C(=O)NCc3cccc(C)c3)CC2=O)cc1OC. The van der Waals surface area contributed by atoms with E-state index >= 15 is 0 Å². The number of hydrogen-bond acceptors (Lipinski definition) is 4. The minimum Gasteiger partial charge on any atom is -0.493 e. The summed E-state index contributed by atoms with van der Waals surface area (Å²) in [7, 11) is 3.20. The van der Waals surface area contributed by atoms with Crippen LogP contribution in [-0.4, -0.2) is 44.0 Å². The van der Waals surface area contributed by atoms with Crippen molar-refractivity contribution in [3.63, 3.8) is 0 Å². The summed E-state index contributed by atoms with van der Waals surface area (Å²) in [5.74, 6) is 1.03. The number of likely N-dealkylation sites (tertiary alicyclic amines) is 1. The van der Waals surface area contributed by atoms with E-state index in [4.69, 9.17) is 9.47 Å². The van der Waals surface area contributed by atoms with Crippen molar-refractivity contribution >= 4 is 11.8 Å². The van der Waals surface area contributed by atoms with E-state index in [1.807, 2.05) is 43.3 Å². The zero-order chi connectivity index (χ0) is 20.8. The first-order chi connectivity index (χ1) is 14.0. The normalized spacial score (nSPS) is 16.0. The van der Waals surface area contributed by atoms with Gasteiger partial charge in [-0.25, -0.2) is 0 Å². The number of ether oxygens (including phenoxy) is 2. The maximum atomic E-state index is 12.5. The molecule has 2 aromatic carbocycles. The molecular weight excluding hydrogens is 368 g/mol. The number of rotatable bonds is 8. The Morgan fingerprint density at radius 1 is 1.10 bits per heavy atom. The van der Waals surface area contributed by atoms with Gasteiger partial charge in [-0.05, 0) is 36.6 Å². The lowest BCUT2D eigenvalue weighted by Gasteiger charge is -2.17. The first-order valence-corrected chi connectivity index (χ1v) is 9.82. The van der Waals surface area contributed by atoms with Gasteiger partial charge in [-0.1, -0.05) is 35.9 Å². The van der Waals surface area contributed by atoms with Crippen molar-refractivity contribution in [2.75, 3.05) is 27.3 Å². The Hall–Kier alpha value is -3.02. The summed E-state index contributed by atoms with van der Waals surface area (Å²) in [6, 6.07) is 13.8. The van der Waals surface area contributed by atoms with Crippen LogP contribution in [0.15, 0.2) is 42.5 Å².